The molecule has 0 amide bonds. The van der Waals surface area contributed by atoms with Gasteiger partial charge in [-0.05, 0) is 43.0 Å². The highest BCUT2D eigenvalue weighted by molar-refractivity contribution is 5.40. The predicted molar refractivity (Wildman–Crippen MR) is 66.6 cm³/mol. The van der Waals surface area contributed by atoms with Crippen molar-refractivity contribution in [2.24, 2.45) is 5.73 Å². The molecule has 0 unspecified atom stereocenters. The topological polar surface area (TPSA) is 35.2 Å². The van der Waals surface area contributed by atoms with E-state index in [2.05, 4.69) is 18.7 Å². The van der Waals surface area contributed by atoms with Crippen molar-refractivity contribution >= 4 is 0 Å². The van der Waals surface area contributed by atoms with Crippen LogP contribution in [0.15, 0.2) is 30.4 Å². The lowest BCUT2D eigenvalue weighted by molar-refractivity contribution is 0.321. The van der Waals surface area contributed by atoms with Crippen molar-refractivity contribution in [1.29, 1.82) is 0 Å². The highest BCUT2D eigenvalue weighted by Crippen LogP contribution is 2.31. The van der Waals surface area contributed by atoms with Gasteiger partial charge >= 0.3 is 0 Å². The molecule has 1 atom stereocenters. The second kappa shape index (κ2) is 4.71. The summed E-state index contributed by atoms with van der Waals surface area (Å²) in [6, 6.07) is 6.46. The Morgan fingerprint density at radius 3 is 3.12 bits per heavy atom. The number of fused-ring (bicyclic) bond motifs is 1. The van der Waals surface area contributed by atoms with Crippen molar-refractivity contribution in [2.45, 2.75) is 32.2 Å². The van der Waals surface area contributed by atoms with Crippen LogP contribution in [-0.2, 0) is 6.42 Å². The molecule has 1 aliphatic rings. The summed E-state index contributed by atoms with van der Waals surface area (Å²) in [5.74, 6) is 0.953. The Kier molecular flexibility index (Phi) is 3.30. The maximum Gasteiger partial charge on any atom is 0.119 e. The Balaban J connectivity index is 1.99. The number of ether oxygens (including phenoxy) is 1. The van der Waals surface area contributed by atoms with E-state index < -0.39 is 0 Å². The first-order chi connectivity index (χ1) is 7.66. The number of rotatable bonds is 4. The minimum atomic E-state index is 0.222. The number of hydrogen-bond acceptors (Lipinski definition) is 2. The van der Waals surface area contributed by atoms with Gasteiger partial charge in [0.15, 0.2) is 0 Å². The quantitative estimate of drug-likeness (QED) is 0.787. The molecular weight excluding hydrogens is 198 g/mol. The van der Waals surface area contributed by atoms with E-state index in [1.54, 1.807) is 0 Å². The molecule has 0 aromatic heterocycles. The predicted octanol–water partition coefficient (Wildman–Crippen LogP) is 2.98. The van der Waals surface area contributed by atoms with Crippen LogP contribution in [0.5, 0.6) is 5.75 Å². The van der Waals surface area contributed by atoms with E-state index in [1.807, 2.05) is 13.0 Å². The number of benzene rings is 1. The van der Waals surface area contributed by atoms with Gasteiger partial charge in [-0.2, -0.15) is 0 Å². The minimum Gasteiger partial charge on any atom is -0.493 e. The molecule has 2 heteroatoms. The van der Waals surface area contributed by atoms with Crippen LogP contribution in [0.3, 0.4) is 0 Å². The summed E-state index contributed by atoms with van der Waals surface area (Å²) < 4.78 is 5.68. The lowest BCUT2D eigenvalue weighted by atomic mass is 10.1. The van der Waals surface area contributed by atoms with Crippen LogP contribution in [0.4, 0.5) is 0 Å². The maximum atomic E-state index is 5.98. The van der Waals surface area contributed by atoms with E-state index in [1.165, 1.54) is 11.1 Å². The maximum absolute atomic E-state index is 5.98. The van der Waals surface area contributed by atoms with Gasteiger partial charge in [0, 0.05) is 12.5 Å². The van der Waals surface area contributed by atoms with Gasteiger partial charge in [0.1, 0.15) is 5.75 Å². The van der Waals surface area contributed by atoms with Gasteiger partial charge in [-0.25, -0.2) is 0 Å². The van der Waals surface area contributed by atoms with E-state index in [4.69, 9.17) is 10.5 Å². The monoisotopic (exact) mass is 217 g/mol. The Bertz CT molecular complexity index is 398. The van der Waals surface area contributed by atoms with Crippen molar-refractivity contribution in [2.75, 3.05) is 6.61 Å². The van der Waals surface area contributed by atoms with E-state index in [0.29, 0.717) is 6.61 Å². The van der Waals surface area contributed by atoms with Crippen LogP contribution in [0.1, 0.15) is 36.9 Å². The zero-order valence-electron chi connectivity index (χ0n) is 9.83. The van der Waals surface area contributed by atoms with E-state index in [0.717, 1.165) is 30.6 Å². The third-order valence-electron chi connectivity index (χ3n) is 3.04. The molecule has 2 rings (SSSR count). The minimum absolute atomic E-state index is 0.222. The van der Waals surface area contributed by atoms with Crippen molar-refractivity contribution < 1.29 is 4.74 Å². The van der Waals surface area contributed by atoms with Crippen molar-refractivity contribution in [1.82, 2.24) is 0 Å². The molecule has 86 valence electrons. The SMILES string of the molecule is C=C(C)CCOc1ccc2c(c1)CC[C@H]2N. The lowest BCUT2D eigenvalue weighted by Crippen LogP contribution is -2.05. The molecule has 0 aliphatic heterocycles. The highest BCUT2D eigenvalue weighted by Gasteiger charge is 2.18. The van der Waals surface area contributed by atoms with Crippen molar-refractivity contribution in [3.8, 4) is 5.75 Å². The Morgan fingerprint density at radius 2 is 2.38 bits per heavy atom. The zero-order chi connectivity index (χ0) is 11.5. The summed E-state index contributed by atoms with van der Waals surface area (Å²) in [4.78, 5) is 0. The van der Waals surface area contributed by atoms with Gasteiger partial charge in [-0.1, -0.05) is 11.6 Å². The number of hydrogen-bond donors (Lipinski definition) is 1. The van der Waals surface area contributed by atoms with Crippen LogP contribution < -0.4 is 10.5 Å². The fourth-order valence-electron chi connectivity index (χ4n) is 2.06. The smallest absolute Gasteiger partial charge is 0.119 e. The molecule has 0 radical (unpaired) electrons. The fourth-order valence-corrected chi connectivity index (χ4v) is 2.06. The van der Waals surface area contributed by atoms with Gasteiger partial charge < -0.3 is 10.5 Å². The Morgan fingerprint density at radius 1 is 1.56 bits per heavy atom. The first-order valence-electron chi connectivity index (χ1n) is 5.82. The molecule has 1 aromatic rings. The fraction of sp³-hybridized carbons (Fsp3) is 0.429. The highest BCUT2D eigenvalue weighted by atomic mass is 16.5. The number of aryl methyl sites for hydroxylation is 1. The molecule has 1 aromatic carbocycles. The molecule has 2 nitrogen and oxygen atoms in total. The Labute approximate surface area is 97.1 Å². The van der Waals surface area contributed by atoms with Crippen LogP contribution in [0.25, 0.3) is 0 Å². The Hall–Kier alpha value is -1.28. The largest absolute Gasteiger partial charge is 0.493 e. The molecule has 0 fully saturated rings. The molecule has 0 saturated carbocycles. The normalized spacial score (nSPS) is 18.2. The molecular formula is C14H19NO. The standard InChI is InChI=1S/C14H19NO/c1-10(2)7-8-16-12-4-5-13-11(9-12)3-6-14(13)15/h4-5,9,14H,1,3,6-8,15H2,2H3/t14-/m1/s1. The van der Waals surface area contributed by atoms with Gasteiger partial charge in [0.05, 0.1) is 6.61 Å². The molecule has 0 bridgehead atoms. The average Bonchev–Trinajstić information content (AvgIpc) is 2.60. The van der Waals surface area contributed by atoms with E-state index in [9.17, 15) is 0 Å². The summed E-state index contributed by atoms with van der Waals surface area (Å²) in [6.07, 6.45) is 3.05. The summed E-state index contributed by atoms with van der Waals surface area (Å²) in [6.45, 7) is 6.58. The molecule has 2 N–H and O–H groups in total. The second-order valence-electron chi connectivity index (χ2n) is 4.56. The van der Waals surface area contributed by atoms with E-state index >= 15 is 0 Å². The summed E-state index contributed by atoms with van der Waals surface area (Å²) >= 11 is 0. The second-order valence-corrected chi connectivity index (χ2v) is 4.56. The molecule has 0 saturated heterocycles. The summed E-state index contributed by atoms with van der Waals surface area (Å²) in [5, 5.41) is 0. The first-order valence-corrected chi connectivity index (χ1v) is 5.82. The first kappa shape index (κ1) is 11.2. The summed E-state index contributed by atoms with van der Waals surface area (Å²) in [5.41, 5.74) is 9.77. The zero-order valence-corrected chi connectivity index (χ0v) is 9.83. The average molecular weight is 217 g/mol. The van der Waals surface area contributed by atoms with E-state index in [-0.39, 0.29) is 6.04 Å². The van der Waals surface area contributed by atoms with Crippen LogP contribution in [0, 0.1) is 0 Å². The third kappa shape index (κ3) is 2.45. The van der Waals surface area contributed by atoms with Crippen LogP contribution in [0.2, 0.25) is 0 Å². The lowest BCUT2D eigenvalue weighted by Gasteiger charge is -2.09. The van der Waals surface area contributed by atoms with Crippen molar-refractivity contribution in [3.05, 3.63) is 41.5 Å². The molecule has 0 heterocycles. The van der Waals surface area contributed by atoms with Gasteiger partial charge in [0.25, 0.3) is 0 Å². The third-order valence-corrected chi connectivity index (χ3v) is 3.04. The van der Waals surface area contributed by atoms with Crippen LogP contribution >= 0.6 is 0 Å². The molecule has 1 aliphatic carbocycles. The van der Waals surface area contributed by atoms with Gasteiger partial charge in [-0.15, -0.1) is 6.58 Å². The molecule has 16 heavy (non-hydrogen) atoms. The molecule has 0 spiro atoms. The van der Waals surface area contributed by atoms with Gasteiger partial charge in [0.2, 0.25) is 0 Å². The van der Waals surface area contributed by atoms with Crippen LogP contribution in [-0.4, -0.2) is 6.61 Å². The van der Waals surface area contributed by atoms with Gasteiger partial charge in [-0.3, -0.25) is 0 Å². The van der Waals surface area contributed by atoms with Crippen molar-refractivity contribution in [3.63, 3.8) is 0 Å². The number of nitrogens with two attached hydrogens (primary N) is 1. The summed E-state index contributed by atoms with van der Waals surface area (Å²) in [7, 11) is 0.